The summed E-state index contributed by atoms with van der Waals surface area (Å²) in [5.74, 6) is 1.30. The van der Waals surface area contributed by atoms with Crippen molar-refractivity contribution in [2.75, 3.05) is 13.4 Å². The highest BCUT2D eigenvalue weighted by molar-refractivity contribution is 5.94. The van der Waals surface area contributed by atoms with Crippen LogP contribution >= 0.6 is 0 Å². The topological polar surface area (TPSA) is 71.1 Å². The highest BCUT2D eigenvalue weighted by atomic mass is 16.7. The van der Waals surface area contributed by atoms with E-state index >= 15 is 0 Å². The summed E-state index contributed by atoms with van der Waals surface area (Å²) in [4.78, 5) is 23.1. The molecular formula is C17H14O6. The van der Waals surface area contributed by atoms with Crippen molar-refractivity contribution < 1.29 is 28.5 Å². The maximum absolute atomic E-state index is 11.8. The van der Waals surface area contributed by atoms with Crippen molar-refractivity contribution in [3.63, 3.8) is 0 Å². The maximum Gasteiger partial charge on any atom is 0.349 e. The van der Waals surface area contributed by atoms with Crippen molar-refractivity contribution >= 4 is 11.8 Å². The monoisotopic (exact) mass is 314 g/mol. The Kier molecular flexibility index (Phi) is 4.14. The SMILES string of the molecule is CC(=O)c1cccc(OCC(=O)Oc2ccc3c(c2)OCO3)c1. The molecule has 0 saturated heterocycles. The molecule has 0 N–H and O–H groups in total. The lowest BCUT2D eigenvalue weighted by Crippen LogP contribution is -2.17. The van der Waals surface area contributed by atoms with Crippen LogP contribution in [-0.2, 0) is 4.79 Å². The normalized spacial score (nSPS) is 11.9. The zero-order valence-corrected chi connectivity index (χ0v) is 12.4. The van der Waals surface area contributed by atoms with E-state index in [2.05, 4.69) is 0 Å². The maximum atomic E-state index is 11.8. The van der Waals surface area contributed by atoms with Gasteiger partial charge in [-0.2, -0.15) is 0 Å². The Balaban J connectivity index is 1.57. The fourth-order valence-corrected chi connectivity index (χ4v) is 2.05. The standard InChI is InChI=1S/C17H14O6/c1-11(18)12-3-2-4-13(7-12)20-9-17(19)23-14-5-6-15-16(8-14)22-10-21-15/h2-8H,9-10H2,1H3. The third-order valence-electron chi connectivity index (χ3n) is 3.17. The molecule has 6 heteroatoms. The van der Waals surface area contributed by atoms with E-state index in [1.807, 2.05) is 0 Å². The molecule has 0 fully saturated rings. The number of Topliss-reactive ketones (excluding diaryl/α,β-unsaturated/α-hetero) is 1. The first-order valence-electron chi connectivity index (χ1n) is 6.96. The number of carbonyl (C=O) groups excluding carboxylic acids is 2. The van der Waals surface area contributed by atoms with Crippen LogP contribution < -0.4 is 18.9 Å². The van der Waals surface area contributed by atoms with Crippen LogP contribution in [0.2, 0.25) is 0 Å². The molecule has 1 aliphatic heterocycles. The van der Waals surface area contributed by atoms with E-state index in [1.165, 1.54) is 6.92 Å². The molecule has 0 aromatic heterocycles. The van der Waals surface area contributed by atoms with Crippen molar-refractivity contribution in [1.82, 2.24) is 0 Å². The number of esters is 1. The molecule has 0 atom stereocenters. The number of hydrogen-bond donors (Lipinski definition) is 0. The molecule has 0 unspecified atom stereocenters. The first kappa shape index (κ1) is 14.9. The fourth-order valence-electron chi connectivity index (χ4n) is 2.05. The summed E-state index contributed by atoms with van der Waals surface area (Å²) in [7, 11) is 0. The molecule has 3 rings (SSSR count). The minimum atomic E-state index is -0.558. The Morgan fingerprint density at radius 1 is 1.04 bits per heavy atom. The Morgan fingerprint density at radius 2 is 1.87 bits per heavy atom. The molecule has 1 heterocycles. The van der Waals surface area contributed by atoms with Gasteiger partial charge in [0.25, 0.3) is 0 Å². The highest BCUT2D eigenvalue weighted by Gasteiger charge is 2.15. The largest absolute Gasteiger partial charge is 0.482 e. The van der Waals surface area contributed by atoms with E-state index < -0.39 is 5.97 Å². The van der Waals surface area contributed by atoms with Crippen molar-refractivity contribution in [1.29, 1.82) is 0 Å². The molecular weight excluding hydrogens is 300 g/mol. The summed E-state index contributed by atoms with van der Waals surface area (Å²) in [6.45, 7) is 1.35. The van der Waals surface area contributed by atoms with Gasteiger partial charge in [0, 0.05) is 11.6 Å². The number of ketones is 1. The second kappa shape index (κ2) is 6.39. The van der Waals surface area contributed by atoms with Crippen LogP contribution in [0.1, 0.15) is 17.3 Å². The number of benzene rings is 2. The van der Waals surface area contributed by atoms with E-state index in [1.54, 1.807) is 42.5 Å². The summed E-state index contributed by atoms with van der Waals surface area (Å²) < 4.78 is 20.9. The van der Waals surface area contributed by atoms with Gasteiger partial charge < -0.3 is 18.9 Å². The van der Waals surface area contributed by atoms with Gasteiger partial charge in [-0.3, -0.25) is 4.79 Å². The summed E-state index contributed by atoms with van der Waals surface area (Å²) in [5, 5.41) is 0. The van der Waals surface area contributed by atoms with Gasteiger partial charge in [-0.25, -0.2) is 4.79 Å². The van der Waals surface area contributed by atoms with Gasteiger partial charge in [-0.1, -0.05) is 12.1 Å². The van der Waals surface area contributed by atoms with Gasteiger partial charge >= 0.3 is 5.97 Å². The molecule has 0 amide bonds. The van der Waals surface area contributed by atoms with Gasteiger partial charge in [0.05, 0.1) is 0 Å². The molecule has 0 aliphatic carbocycles. The van der Waals surface area contributed by atoms with E-state index in [4.69, 9.17) is 18.9 Å². The molecule has 0 spiro atoms. The minimum absolute atomic E-state index is 0.0709. The van der Waals surface area contributed by atoms with Crippen molar-refractivity contribution in [2.24, 2.45) is 0 Å². The zero-order chi connectivity index (χ0) is 16.2. The van der Waals surface area contributed by atoms with Gasteiger partial charge in [0.15, 0.2) is 23.9 Å². The number of fused-ring (bicyclic) bond motifs is 1. The van der Waals surface area contributed by atoms with Gasteiger partial charge in [0.1, 0.15) is 11.5 Å². The molecule has 2 aromatic rings. The Morgan fingerprint density at radius 3 is 2.70 bits per heavy atom. The predicted molar refractivity (Wildman–Crippen MR) is 80.1 cm³/mol. The third kappa shape index (κ3) is 3.60. The predicted octanol–water partition coefficient (Wildman–Crippen LogP) is 2.60. The van der Waals surface area contributed by atoms with Crippen molar-refractivity contribution in [3.05, 3.63) is 48.0 Å². The third-order valence-corrected chi connectivity index (χ3v) is 3.17. The van der Waals surface area contributed by atoms with E-state index in [0.29, 0.717) is 28.6 Å². The fraction of sp³-hybridized carbons (Fsp3) is 0.176. The van der Waals surface area contributed by atoms with Crippen LogP contribution in [0.25, 0.3) is 0 Å². The second-order valence-electron chi connectivity index (χ2n) is 4.86. The van der Waals surface area contributed by atoms with Crippen LogP contribution in [0.3, 0.4) is 0 Å². The average molecular weight is 314 g/mol. The zero-order valence-electron chi connectivity index (χ0n) is 12.4. The number of carbonyl (C=O) groups is 2. The van der Waals surface area contributed by atoms with Crippen LogP contribution in [0.15, 0.2) is 42.5 Å². The smallest absolute Gasteiger partial charge is 0.349 e. The highest BCUT2D eigenvalue weighted by Crippen LogP contribution is 2.35. The summed E-state index contributed by atoms with van der Waals surface area (Å²) in [6, 6.07) is 11.5. The van der Waals surface area contributed by atoms with E-state index in [9.17, 15) is 9.59 Å². The lowest BCUT2D eigenvalue weighted by atomic mass is 10.1. The Bertz CT molecular complexity index is 752. The van der Waals surface area contributed by atoms with Crippen LogP contribution in [0.5, 0.6) is 23.0 Å². The molecule has 0 bridgehead atoms. The number of ether oxygens (including phenoxy) is 4. The Hall–Kier alpha value is -3.02. The van der Waals surface area contributed by atoms with Crippen molar-refractivity contribution in [3.8, 4) is 23.0 Å². The average Bonchev–Trinajstić information content (AvgIpc) is 3.01. The lowest BCUT2D eigenvalue weighted by molar-refractivity contribution is -0.136. The molecule has 6 nitrogen and oxygen atoms in total. The summed E-state index contributed by atoms with van der Waals surface area (Å²) >= 11 is 0. The van der Waals surface area contributed by atoms with Gasteiger partial charge in [-0.15, -0.1) is 0 Å². The quantitative estimate of drug-likeness (QED) is 0.480. The van der Waals surface area contributed by atoms with Crippen LogP contribution in [0, 0.1) is 0 Å². The lowest BCUT2D eigenvalue weighted by Gasteiger charge is -2.08. The van der Waals surface area contributed by atoms with Crippen LogP contribution in [0.4, 0.5) is 0 Å². The summed E-state index contributed by atoms with van der Waals surface area (Å²) in [5.41, 5.74) is 0.520. The van der Waals surface area contributed by atoms with Gasteiger partial charge in [0.2, 0.25) is 6.79 Å². The molecule has 0 saturated carbocycles. The molecule has 0 radical (unpaired) electrons. The van der Waals surface area contributed by atoms with Crippen LogP contribution in [-0.4, -0.2) is 25.2 Å². The van der Waals surface area contributed by atoms with Gasteiger partial charge in [-0.05, 0) is 31.2 Å². The number of hydrogen-bond acceptors (Lipinski definition) is 6. The molecule has 118 valence electrons. The van der Waals surface area contributed by atoms with E-state index in [0.717, 1.165) is 0 Å². The minimum Gasteiger partial charge on any atom is -0.482 e. The Labute approximate surface area is 132 Å². The first-order chi connectivity index (χ1) is 11.1. The summed E-state index contributed by atoms with van der Waals surface area (Å²) in [6.07, 6.45) is 0. The first-order valence-corrected chi connectivity index (χ1v) is 6.96. The number of rotatable bonds is 5. The van der Waals surface area contributed by atoms with E-state index in [-0.39, 0.29) is 19.2 Å². The molecule has 2 aromatic carbocycles. The second-order valence-corrected chi connectivity index (χ2v) is 4.86. The van der Waals surface area contributed by atoms with Crippen molar-refractivity contribution in [2.45, 2.75) is 6.92 Å². The molecule has 23 heavy (non-hydrogen) atoms. The molecule has 1 aliphatic rings.